The number of carbonyl (C=O) groups is 2. The first-order chi connectivity index (χ1) is 11.4. The maximum absolute atomic E-state index is 12.5. The first kappa shape index (κ1) is 18.2. The number of benzene rings is 1. The second-order valence-electron chi connectivity index (χ2n) is 5.56. The van der Waals surface area contributed by atoms with Gasteiger partial charge in [-0.25, -0.2) is 0 Å². The molecule has 24 heavy (non-hydrogen) atoms. The molecule has 0 atom stereocenters. The highest BCUT2D eigenvalue weighted by atomic mass is 32.2. The first-order valence-electron chi connectivity index (χ1n) is 7.31. The minimum Gasteiger partial charge on any atom is -0.481 e. The lowest BCUT2D eigenvalue weighted by atomic mass is 9.86. The van der Waals surface area contributed by atoms with Crippen molar-refractivity contribution in [1.82, 2.24) is 5.32 Å². The molecule has 130 valence electrons. The van der Waals surface area contributed by atoms with E-state index in [0.29, 0.717) is 31.0 Å². The third kappa shape index (κ3) is 4.24. The lowest BCUT2D eigenvalue weighted by Crippen LogP contribution is -2.53. The molecule has 9 heteroatoms. The summed E-state index contributed by atoms with van der Waals surface area (Å²) >= 11 is 1.22. The SMILES string of the molecule is CSc1ccc(C(=O)NC2(CC(=O)O)CCOCC2)cc1[N+](=O)[O-]. The minimum absolute atomic E-state index is 0.135. The molecule has 1 amide bonds. The van der Waals surface area contributed by atoms with Crippen molar-refractivity contribution in [2.24, 2.45) is 0 Å². The summed E-state index contributed by atoms with van der Waals surface area (Å²) in [7, 11) is 0. The molecule has 0 unspecified atom stereocenters. The normalized spacial score (nSPS) is 16.4. The van der Waals surface area contributed by atoms with E-state index in [1.54, 1.807) is 6.26 Å². The summed E-state index contributed by atoms with van der Waals surface area (Å²) in [5.74, 6) is -1.53. The summed E-state index contributed by atoms with van der Waals surface area (Å²) in [4.78, 5) is 34.7. The van der Waals surface area contributed by atoms with Gasteiger partial charge in [0.2, 0.25) is 0 Å². The largest absolute Gasteiger partial charge is 0.481 e. The average molecular weight is 354 g/mol. The number of nitro groups is 1. The van der Waals surface area contributed by atoms with Crippen LogP contribution in [0.4, 0.5) is 5.69 Å². The van der Waals surface area contributed by atoms with Crippen LogP contribution in [0.5, 0.6) is 0 Å². The summed E-state index contributed by atoms with van der Waals surface area (Å²) < 4.78 is 5.24. The fraction of sp³-hybridized carbons (Fsp3) is 0.467. The topological polar surface area (TPSA) is 119 Å². The van der Waals surface area contributed by atoms with Crippen molar-refractivity contribution in [2.45, 2.75) is 29.7 Å². The summed E-state index contributed by atoms with van der Waals surface area (Å²) in [5, 5.41) is 23.0. The number of hydrogen-bond donors (Lipinski definition) is 2. The van der Waals surface area contributed by atoms with Crippen LogP contribution in [0.1, 0.15) is 29.6 Å². The Balaban J connectivity index is 2.25. The summed E-state index contributed by atoms with van der Waals surface area (Å²) in [5.41, 5.74) is -0.904. The number of hydrogen-bond acceptors (Lipinski definition) is 6. The molecule has 1 aromatic carbocycles. The van der Waals surface area contributed by atoms with Gasteiger partial charge >= 0.3 is 5.97 Å². The molecule has 2 rings (SSSR count). The Kier molecular flexibility index (Phi) is 5.79. The van der Waals surface area contributed by atoms with Gasteiger partial charge in [0.25, 0.3) is 11.6 Å². The van der Waals surface area contributed by atoms with Gasteiger partial charge in [-0.3, -0.25) is 19.7 Å². The van der Waals surface area contributed by atoms with Crippen molar-refractivity contribution in [1.29, 1.82) is 0 Å². The predicted molar refractivity (Wildman–Crippen MR) is 87.4 cm³/mol. The van der Waals surface area contributed by atoms with Crippen LogP contribution >= 0.6 is 11.8 Å². The summed E-state index contributed by atoms with van der Waals surface area (Å²) in [6.45, 7) is 0.720. The van der Waals surface area contributed by atoms with Crippen molar-refractivity contribution in [3.05, 3.63) is 33.9 Å². The van der Waals surface area contributed by atoms with E-state index in [0.717, 1.165) is 0 Å². The molecule has 0 bridgehead atoms. The van der Waals surface area contributed by atoms with Gasteiger partial charge in [-0.15, -0.1) is 11.8 Å². The van der Waals surface area contributed by atoms with Crippen LogP contribution in [0.3, 0.4) is 0 Å². The summed E-state index contributed by atoms with van der Waals surface area (Å²) in [6, 6.07) is 4.24. The van der Waals surface area contributed by atoms with E-state index in [-0.39, 0.29) is 17.7 Å². The van der Waals surface area contributed by atoms with Crippen molar-refractivity contribution >= 4 is 29.3 Å². The maximum Gasteiger partial charge on any atom is 0.305 e. The van der Waals surface area contributed by atoms with Gasteiger partial charge in [-0.1, -0.05) is 0 Å². The van der Waals surface area contributed by atoms with Gasteiger partial charge in [-0.05, 0) is 31.2 Å². The third-order valence-electron chi connectivity index (χ3n) is 3.96. The Morgan fingerprint density at radius 2 is 2.08 bits per heavy atom. The lowest BCUT2D eigenvalue weighted by Gasteiger charge is -2.36. The molecule has 1 fully saturated rings. The Labute approximate surface area is 142 Å². The molecule has 0 aliphatic carbocycles. The molecule has 2 N–H and O–H groups in total. The zero-order valence-electron chi connectivity index (χ0n) is 13.1. The molecule has 0 radical (unpaired) electrons. The van der Waals surface area contributed by atoms with Crippen LogP contribution in [-0.4, -0.2) is 46.9 Å². The number of ether oxygens (including phenoxy) is 1. The standard InChI is InChI=1S/C15H18N2O6S/c1-24-12-3-2-10(8-11(12)17(21)22)14(20)16-15(9-13(18)19)4-6-23-7-5-15/h2-3,8H,4-7,9H2,1H3,(H,16,20)(H,18,19). The van der Waals surface area contributed by atoms with E-state index in [2.05, 4.69) is 5.32 Å². The monoisotopic (exact) mass is 354 g/mol. The van der Waals surface area contributed by atoms with Gasteiger partial charge in [-0.2, -0.15) is 0 Å². The van der Waals surface area contributed by atoms with Crippen molar-refractivity contribution in [2.75, 3.05) is 19.5 Å². The Morgan fingerprint density at radius 3 is 2.62 bits per heavy atom. The van der Waals surface area contributed by atoms with Gasteiger partial charge in [0.1, 0.15) is 0 Å². The predicted octanol–water partition coefficient (Wildman–Crippen LogP) is 2.07. The van der Waals surface area contributed by atoms with E-state index in [4.69, 9.17) is 9.84 Å². The van der Waals surface area contributed by atoms with Gasteiger partial charge in [0.15, 0.2) is 0 Å². The number of rotatable bonds is 6. The van der Waals surface area contributed by atoms with Crippen molar-refractivity contribution < 1.29 is 24.4 Å². The van der Waals surface area contributed by atoms with Crippen molar-refractivity contribution in [3.63, 3.8) is 0 Å². The van der Waals surface area contributed by atoms with Crippen LogP contribution in [-0.2, 0) is 9.53 Å². The third-order valence-corrected chi connectivity index (χ3v) is 4.74. The van der Waals surface area contributed by atoms with Crippen LogP contribution in [0.25, 0.3) is 0 Å². The highest BCUT2D eigenvalue weighted by Gasteiger charge is 2.36. The Hall–Kier alpha value is -2.13. The molecular formula is C15H18N2O6S. The van der Waals surface area contributed by atoms with Crippen molar-refractivity contribution in [3.8, 4) is 0 Å². The van der Waals surface area contributed by atoms with E-state index in [1.807, 2.05) is 0 Å². The fourth-order valence-corrected chi connectivity index (χ4v) is 3.23. The second-order valence-corrected chi connectivity index (χ2v) is 6.41. The molecule has 1 aliphatic rings. The number of nitro benzene ring substituents is 1. The minimum atomic E-state index is -1.01. The van der Waals surface area contributed by atoms with Crippen LogP contribution in [0.2, 0.25) is 0 Å². The molecule has 0 spiro atoms. The van der Waals surface area contributed by atoms with Gasteiger partial charge in [0.05, 0.1) is 21.8 Å². The number of nitrogens with one attached hydrogen (secondary N) is 1. The first-order valence-corrected chi connectivity index (χ1v) is 8.54. The van der Waals surface area contributed by atoms with E-state index in [1.165, 1.54) is 30.0 Å². The quantitative estimate of drug-likeness (QED) is 0.456. The zero-order valence-corrected chi connectivity index (χ0v) is 13.9. The molecule has 0 aromatic heterocycles. The highest BCUT2D eigenvalue weighted by molar-refractivity contribution is 7.98. The number of nitrogens with zero attached hydrogens (tertiary/aromatic N) is 1. The fourth-order valence-electron chi connectivity index (χ4n) is 2.68. The molecular weight excluding hydrogens is 336 g/mol. The Morgan fingerprint density at radius 1 is 1.42 bits per heavy atom. The number of carbonyl (C=O) groups excluding carboxylic acids is 1. The number of aliphatic carboxylic acids is 1. The molecule has 1 heterocycles. The molecule has 1 aromatic rings. The molecule has 8 nitrogen and oxygen atoms in total. The highest BCUT2D eigenvalue weighted by Crippen LogP contribution is 2.29. The number of carboxylic acid groups (broad SMARTS) is 1. The smallest absolute Gasteiger partial charge is 0.305 e. The zero-order chi connectivity index (χ0) is 17.7. The lowest BCUT2D eigenvalue weighted by molar-refractivity contribution is -0.387. The van der Waals surface area contributed by atoms with Crippen LogP contribution in [0, 0.1) is 10.1 Å². The molecule has 1 saturated heterocycles. The summed E-state index contributed by atoms with van der Waals surface area (Å²) in [6.07, 6.45) is 2.27. The van der Waals surface area contributed by atoms with Gasteiger partial charge < -0.3 is 15.2 Å². The van der Waals surface area contributed by atoms with E-state index in [9.17, 15) is 19.7 Å². The number of amides is 1. The number of carboxylic acids is 1. The Bertz CT molecular complexity index is 657. The second kappa shape index (κ2) is 7.63. The maximum atomic E-state index is 12.5. The molecule has 0 saturated carbocycles. The average Bonchev–Trinajstić information content (AvgIpc) is 2.54. The van der Waals surface area contributed by atoms with Crippen LogP contribution < -0.4 is 5.32 Å². The van der Waals surface area contributed by atoms with Gasteiger partial charge in [0, 0.05) is 24.8 Å². The van der Waals surface area contributed by atoms with Crippen LogP contribution in [0.15, 0.2) is 23.1 Å². The van der Waals surface area contributed by atoms with E-state index >= 15 is 0 Å². The number of thioether (sulfide) groups is 1. The van der Waals surface area contributed by atoms with E-state index < -0.39 is 22.3 Å². The molecule has 1 aliphatic heterocycles.